The topological polar surface area (TPSA) is 58.6 Å². The average Bonchev–Trinajstić information content (AvgIpc) is 2.67. The molecule has 0 saturated heterocycles. The number of hydrogen-bond acceptors (Lipinski definition) is 3. The van der Waals surface area contributed by atoms with Gasteiger partial charge in [-0.15, -0.1) is 11.6 Å². The first-order chi connectivity index (χ1) is 12.5. The fourth-order valence-electron chi connectivity index (χ4n) is 4.29. The second-order valence-corrected chi connectivity index (χ2v) is 9.14. The fourth-order valence-corrected chi connectivity index (χ4v) is 4.90. The summed E-state index contributed by atoms with van der Waals surface area (Å²) in [4.78, 5) is 12.5. The zero-order valence-electron chi connectivity index (χ0n) is 14.8. The van der Waals surface area contributed by atoms with Crippen molar-refractivity contribution in [1.29, 1.82) is 0 Å². The van der Waals surface area contributed by atoms with Crippen LogP contribution < -0.4 is 5.32 Å². The van der Waals surface area contributed by atoms with Gasteiger partial charge in [-0.25, -0.2) is 0 Å². The van der Waals surface area contributed by atoms with E-state index in [1.165, 1.54) is 5.56 Å². The highest BCUT2D eigenvalue weighted by molar-refractivity contribution is 9.09. The Morgan fingerprint density at radius 1 is 1.23 bits per heavy atom. The quantitative estimate of drug-likeness (QED) is 0.364. The minimum Gasteiger partial charge on any atom is -0.429 e. The second kappa shape index (κ2) is 8.64. The molecule has 3 aliphatic carbocycles. The number of halogens is 2. The van der Waals surface area contributed by atoms with E-state index < -0.39 is 6.23 Å². The van der Waals surface area contributed by atoms with Gasteiger partial charge < -0.3 is 15.0 Å². The van der Waals surface area contributed by atoms with Gasteiger partial charge >= 0.3 is 7.69 Å². The summed E-state index contributed by atoms with van der Waals surface area (Å²) in [5, 5.41) is 12.5. The van der Waals surface area contributed by atoms with Crippen LogP contribution in [0.2, 0.25) is 0 Å². The number of rotatable bonds is 8. The van der Waals surface area contributed by atoms with E-state index in [0.717, 1.165) is 50.3 Å². The van der Waals surface area contributed by atoms with Crippen molar-refractivity contribution in [2.24, 2.45) is 0 Å². The summed E-state index contributed by atoms with van der Waals surface area (Å²) in [6.45, 7) is 0. The van der Waals surface area contributed by atoms with Gasteiger partial charge in [0.25, 0.3) is 5.91 Å². The van der Waals surface area contributed by atoms with Crippen molar-refractivity contribution in [3.05, 3.63) is 35.4 Å². The molecule has 7 heteroatoms. The Morgan fingerprint density at radius 3 is 2.38 bits per heavy atom. The van der Waals surface area contributed by atoms with Gasteiger partial charge in [0, 0.05) is 15.8 Å². The van der Waals surface area contributed by atoms with Crippen LogP contribution in [0.15, 0.2) is 24.3 Å². The number of fused-ring (bicyclic) bond motifs is 3. The molecular weight excluding hydrogens is 416 g/mol. The molecule has 3 fully saturated rings. The van der Waals surface area contributed by atoms with E-state index in [9.17, 15) is 4.79 Å². The van der Waals surface area contributed by atoms with Gasteiger partial charge in [0.1, 0.15) is 6.23 Å². The van der Waals surface area contributed by atoms with Crippen molar-refractivity contribution >= 4 is 41.1 Å². The molecule has 0 aliphatic heterocycles. The number of nitrogens with one attached hydrogen (secondary N) is 1. The molecule has 2 bridgehead atoms. The van der Waals surface area contributed by atoms with Gasteiger partial charge in [0.05, 0.1) is 0 Å². The minimum absolute atomic E-state index is 0.0371. The van der Waals surface area contributed by atoms with Gasteiger partial charge in [-0.1, -0.05) is 28.1 Å². The summed E-state index contributed by atoms with van der Waals surface area (Å²) in [5.41, 5.74) is 2.16. The van der Waals surface area contributed by atoms with E-state index in [2.05, 4.69) is 33.4 Å². The predicted molar refractivity (Wildman–Crippen MR) is 108 cm³/mol. The lowest BCUT2D eigenvalue weighted by Crippen LogP contribution is -2.45. The standard InChI is InChI=1S/C19H25BBrClNO3/c21-13-1-2-16(26-20-25)23-17(24)14-3-5-15(6-4-14)18-7-10-19(22,11-8-18)12-9-18/h3-6,16,25H,1-2,7-13H2,(H,23,24)/t16-,18?,19?/m1/s1. The highest BCUT2D eigenvalue weighted by atomic mass is 79.9. The molecule has 1 aromatic rings. The van der Waals surface area contributed by atoms with Crippen molar-refractivity contribution in [1.82, 2.24) is 5.32 Å². The van der Waals surface area contributed by atoms with Crippen LogP contribution in [0, 0.1) is 0 Å². The zero-order chi connectivity index (χ0) is 18.6. The molecule has 0 heterocycles. The molecule has 0 unspecified atom stereocenters. The minimum atomic E-state index is -0.531. The molecule has 2 N–H and O–H groups in total. The second-order valence-electron chi connectivity index (χ2n) is 7.54. The summed E-state index contributed by atoms with van der Waals surface area (Å²) in [6, 6.07) is 7.96. The van der Waals surface area contributed by atoms with E-state index in [4.69, 9.17) is 21.3 Å². The van der Waals surface area contributed by atoms with Crippen molar-refractivity contribution in [2.45, 2.75) is 67.9 Å². The number of carbonyl (C=O) groups is 1. The van der Waals surface area contributed by atoms with E-state index >= 15 is 0 Å². The van der Waals surface area contributed by atoms with Crippen LogP contribution in [0.4, 0.5) is 0 Å². The lowest BCUT2D eigenvalue weighted by atomic mass is 9.57. The first-order valence-corrected chi connectivity index (χ1v) is 10.8. The van der Waals surface area contributed by atoms with Gasteiger partial charge in [-0.05, 0) is 74.5 Å². The largest absolute Gasteiger partial charge is 0.486 e. The number of carbonyl (C=O) groups excluding carboxylic acids is 1. The summed E-state index contributed by atoms with van der Waals surface area (Å²) >= 11 is 9.99. The molecule has 1 aromatic carbocycles. The number of amides is 1. The number of hydrogen-bond donors (Lipinski definition) is 2. The molecule has 0 aromatic heterocycles. The third-order valence-electron chi connectivity index (χ3n) is 6.03. The van der Waals surface area contributed by atoms with Crippen LogP contribution in [0.3, 0.4) is 0 Å². The van der Waals surface area contributed by atoms with Gasteiger partial charge in [0.15, 0.2) is 0 Å². The first kappa shape index (κ1) is 20.2. The van der Waals surface area contributed by atoms with Crippen LogP contribution in [0.5, 0.6) is 0 Å². The highest BCUT2D eigenvalue weighted by Gasteiger charge is 2.48. The summed E-state index contributed by atoms with van der Waals surface area (Å²) < 4.78 is 5.07. The van der Waals surface area contributed by atoms with E-state index in [0.29, 0.717) is 19.7 Å². The maximum atomic E-state index is 12.5. The monoisotopic (exact) mass is 440 g/mol. The Balaban J connectivity index is 1.64. The fraction of sp³-hybridized carbons (Fsp3) is 0.632. The SMILES string of the molecule is O=C(N[C@@H](CCCBr)O[B]O)c1ccc(C23CCC(Cl)(CC2)CC3)cc1. The molecule has 4 nitrogen and oxygen atoms in total. The lowest BCUT2D eigenvalue weighted by molar-refractivity contribution is 0.0795. The summed E-state index contributed by atoms with van der Waals surface area (Å²) in [7, 11) is 0.629. The predicted octanol–water partition coefficient (Wildman–Crippen LogP) is 4.04. The number of benzene rings is 1. The van der Waals surface area contributed by atoms with Gasteiger partial charge in [0.2, 0.25) is 0 Å². The Hall–Kier alpha value is -0.555. The number of alkyl halides is 2. The van der Waals surface area contributed by atoms with Crippen LogP contribution in [0.1, 0.15) is 67.3 Å². The maximum Gasteiger partial charge on any atom is 0.486 e. The maximum absolute atomic E-state index is 12.5. The molecule has 1 amide bonds. The zero-order valence-corrected chi connectivity index (χ0v) is 17.2. The van der Waals surface area contributed by atoms with Crippen LogP contribution in [0.25, 0.3) is 0 Å². The molecular formula is C19H25BBrClNO3. The van der Waals surface area contributed by atoms with E-state index in [1.807, 2.05) is 12.1 Å². The smallest absolute Gasteiger partial charge is 0.429 e. The average molecular weight is 442 g/mol. The molecule has 1 radical (unpaired) electrons. The van der Waals surface area contributed by atoms with Crippen molar-refractivity contribution in [3.8, 4) is 0 Å². The molecule has 141 valence electrons. The summed E-state index contributed by atoms with van der Waals surface area (Å²) in [5.74, 6) is -0.192. The van der Waals surface area contributed by atoms with Crippen molar-refractivity contribution in [3.63, 3.8) is 0 Å². The van der Waals surface area contributed by atoms with Crippen LogP contribution >= 0.6 is 27.5 Å². The molecule has 26 heavy (non-hydrogen) atoms. The molecule has 3 saturated carbocycles. The van der Waals surface area contributed by atoms with E-state index in [-0.39, 0.29) is 16.2 Å². The van der Waals surface area contributed by atoms with Gasteiger partial charge in [-0.2, -0.15) is 0 Å². The Labute approximate surface area is 169 Å². The lowest BCUT2D eigenvalue weighted by Gasteiger charge is -2.51. The van der Waals surface area contributed by atoms with Crippen molar-refractivity contribution < 1.29 is 14.5 Å². The Kier molecular flexibility index (Phi) is 6.70. The first-order valence-electron chi connectivity index (χ1n) is 9.28. The van der Waals surface area contributed by atoms with Crippen LogP contribution in [-0.4, -0.2) is 35.0 Å². The van der Waals surface area contributed by atoms with Gasteiger partial charge in [-0.3, -0.25) is 4.79 Å². The third-order valence-corrected chi connectivity index (χ3v) is 7.16. The molecule has 0 spiro atoms. The Bertz CT molecular complexity index is 603. The molecule has 4 rings (SSSR count). The molecule has 1 atom stereocenters. The third kappa shape index (κ3) is 4.46. The Morgan fingerprint density at radius 2 is 1.85 bits per heavy atom. The summed E-state index contributed by atoms with van der Waals surface area (Å²) in [6.07, 6.45) is 7.59. The highest BCUT2D eigenvalue weighted by Crippen LogP contribution is 2.56. The van der Waals surface area contributed by atoms with E-state index in [1.54, 1.807) is 0 Å². The molecule has 3 aliphatic rings. The normalized spacial score (nSPS) is 28.6. The van der Waals surface area contributed by atoms with Crippen LogP contribution in [-0.2, 0) is 10.1 Å². The van der Waals surface area contributed by atoms with Crippen molar-refractivity contribution in [2.75, 3.05) is 5.33 Å².